The zero-order valence-electron chi connectivity index (χ0n) is 18.2. The first-order valence-electron chi connectivity index (χ1n) is 10.8. The van der Waals surface area contributed by atoms with Gasteiger partial charge in [0.2, 0.25) is 0 Å². The average molecular weight is 471 g/mol. The number of nitrogen functional groups attached to an aromatic ring is 1. The Kier molecular flexibility index (Phi) is 3.95. The summed E-state index contributed by atoms with van der Waals surface area (Å²) in [5, 5.41) is 11.5. The first-order valence-corrected chi connectivity index (χ1v) is 10.8. The molecule has 0 saturated carbocycles. The molecule has 0 amide bonds. The molecule has 0 fully saturated rings. The molecule has 0 bridgehead atoms. The first kappa shape index (κ1) is 20.8. The molecule has 3 aliphatic rings. The molecule has 0 spiro atoms. The maximum atomic E-state index is 13.7. The van der Waals surface area contributed by atoms with Crippen molar-refractivity contribution in [1.29, 1.82) is 0 Å². The van der Waals surface area contributed by atoms with Crippen LogP contribution in [0.4, 0.5) is 14.5 Å². The van der Waals surface area contributed by atoms with Gasteiger partial charge >= 0.3 is 12.3 Å². The number of hydrogen-bond donors (Lipinski definition) is 2. The lowest BCUT2D eigenvalue weighted by Crippen LogP contribution is -2.44. The number of rotatable bonds is 2. The Morgan fingerprint density at radius 3 is 2.68 bits per heavy atom. The molecule has 1 atom stereocenters. The molecule has 6 rings (SSSR count). The minimum atomic E-state index is -3.83. The van der Waals surface area contributed by atoms with Gasteiger partial charge in [0.25, 0.3) is 5.56 Å². The third kappa shape index (κ3) is 2.47. The van der Waals surface area contributed by atoms with Crippen molar-refractivity contribution in [2.45, 2.75) is 51.7 Å². The first-order chi connectivity index (χ1) is 16.1. The Balaban J connectivity index is 1.65. The molecule has 9 nitrogen and oxygen atoms in total. The number of pyridine rings is 2. The van der Waals surface area contributed by atoms with Gasteiger partial charge in [0, 0.05) is 22.6 Å². The zero-order chi connectivity index (χ0) is 24.2. The number of fused-ring (bicyclic) bond motifs is 6. The van der Waals surface area contributed by atoms with Crippen LogP contribution in [-0.2, 0) is 34.7 Å². The van der Waals surface area contributed by atoms with E-state index in [-0.39, 0.29) is 47.9 Å². The SMILES string of the molecule is CCc1c2c(nc3cc4c(c(N)c13)OC(F)(F)O4)-c1cc3c(c(=O)n1C2)COC(=O)C3(O)CC. The number of anilines is 1. The van der Waals surface area contributed by atoms with Gasteiger partial charge in [0.15, 0.2) is 17.1 Å². The lowest BCUT2D eigenvalue weighted by Gasteiger charge is -2.31. The van der Waals surface area contributed by atoms with E-state index >= 15 is 0 Å². The maximum Gasteiger partial charge on any atom is 0.586 e. The topological polar surface area (TPSA) is 126 Å². The molecule has 11 heteroatoms. The van der Waals surface area contributed by atoms with Gasteiger partial charge in [-0.2, -0.15) is 0 Å². The number of carbonyl (C=O) groups excluding carboxylic acids is 1. The molecule has 0 saturated heterocycles. The number of benzene rings is 1. The van der Waals surface area contributed by atoms with E-state index < -0.39 is 23.4 Å². The number of ether oxygens (including phenoxy) is 3. The van der Waals surface area contributed by atoms with Gasteiger partial charge in [0.1, 0.15) is 6.61 Å². The predicted octanol–water partition coefficient (Wildman–Crippen LogP) is 2.55. The molecule has 34 heavy (non-hydrogen) atoms. The van der Waals surface area contributed by atoms with E-state index in [1.54, 1.807) is 13.0 Å². The molecule has 176 valence electrons. The highest BCUT2D eigenvalue weighted by atomic mass is 19.3. The minimum absolute atomic E-state index is 0.0150. The summed E-state index contributed by atoms with van der Waals surface area (Å²) in [4.78, 5) is 30.4. The largest absolute Gasteiger partial charge is 0.586 e. The minimum Gasteiger partial charge on any atom is -0.458 e. The summed E-state index contributed by atoms with van der Waals surface area (Å²) in [5.74, 6) is -1.29. The Morgan fingerprint density at radius 1 is 1.21 bits per heavy atom. The summed E-state index contributed by atoms with van der Waals surface area (Å²) in [5.41, 5.74) is 6.90. The summed E-state index contributed by atoms with van der Waals surface area (Å²) in [6.45, 7) is 3.44. The number of nitrogens with two attached hydrogens (primary N) is 1. The van der Waals surface area contributed by atoms with Crippen molar-refractivity contribution in [3.8, 4) is 22.9 Å². The van der Waals surface area contributed by atoms with Gasteiger partial charge < -0.3 is 29.6 Å². The highest BCUT2D eigenvalue weighted by molar-refractivity contribution is 6.01. The van der Waals surface area contributed by atoms with Crippen molar-refractivity contribution in [1.82, 2.24) is 9.55 Å². The standard InChI is InChI=1S/C23H19F2N3O6/c1-3-9-10-7-28-14(5-12-11(20(28)29)8-32-21(30)22(12,31)4-2)18(10)27-13-6-15-19(17(26)16(9)13)34-23(24,25)33-15/h5-6,31H,3-4,7-8,26H2,1-2H3. The second-order valence-electron chi connectivity index (χ2n) is 8.55. The van der Waals surface area contributed by atoms with Crippen LogP contribution in [0.25, 0.3) is 22.3 Å². The fourth-order valence-electron chi connectivity index (χ4n) is 5.17. The third-order valence-corrected chi connectivity index (χ3v) is 6.85. The molecule has 1 unspecified atom stereocenters. The molecule has 3 aliphatic heterocycles. The van der Waals surface area contributed by atoms with Crippen molar-refractivity contribution < 1.29 is 32.9 Å². The smallest absolute Gasteiger partial charge is 0.458 e. The molecule has 5 heterocycles. The van der Waals surface area contributed by atoms with E-state index in [1.165, 1.54) is 10.6 Å². The number of halogens is 2. The van der Waals surface area contributed by atoms with E-state index in [2.05, 4.69) is 14.5 Å². The van der Waals surface area contributed by atoms with Gasteiger partial charge in [-0.3, -0.25) is 4.79 Å². The van der Waals surface area contributed by atoms with E-state index in [1.807, 2.05) is 6.92 Å². The highest BCUT2D eigenvalue weighted by Gasteiger charge is 2.47. The Bertz CT molecular complexity index is 1520. The lowest BCUT2D eigenvalue weighted by molar-refractivity contribution is -0.286. The summed E-state index contributed by atoms with van der Waals surface area (Å²) in [6.07, 6.45) is -3.33. The maximum absolute atomic E-state index is 13.7. The van der Waals surface area contributed by atoms with Crippen LogP contribution < -0.4 is 20.8 Å². The van der Waals surface area contributed by atoms with Gasteiger partial charge in [-0.05, 0) is 24.5 Å². The molecule has 3 aromatic rings. The van der Waals surface area contributed by atoms with E-state index in [0.29, 0.717) is 34.3 Å². The number of aromatic nitrogens is 2. The summed E-state index contributed by atoms with van der Waals surface area (Å²) < 4.78 is 43.2. The number of aliphatic hydroxyl groups is 1. The predicted molar refractivity (Wildman–Crippen MR) is 115 cm³/mol. The fraction of sp³-hybridized carbons (Fsp3) is 0.348. The van der Waals surface area contributed by atoms with E-state index in [0.717, 1.165) is 5.56 Å². The number of aryl methyl sites for hydroxylation is 1. The molecule has 0 radical (unpaired) electrons. The van der Waals surface area contributed by atoms with Crippen LogP contribution in [0.3, 0.4) is 0 Å². The van der Waals surface area contributed by atoms with E-state index in [9.17, 15) is 23.5 Å². The molecule has 2 aromatic heterocycles. The number of alkyl halides is 2. The van der Waals surface area contributed by atoms with Crippen molar-refractivity contribution in [3.63, 3.8) is 0 Å². The summed E-state index contributed by atoms with van der Waals surface area (Å²) in [6, 6.07) is 2.93. The Hall–Kier alpha value is -3.73. The number of hydrogen-bond acceptors (Lipinski definition) is 8. The Morgan fingerprint density at radius 2 is 1.97 bits per heavy atom. The highest BCUT2D eigenvalue weighted by Crippen LogP contribution is 2.50. The Labute approximate surface area is 190 Å². The molecule has 0 aliphatic carbocycles. The quantitative estimate of drug-likeness (QED) is 0.338. The number of carbonyl (C=O) groups is 1. The van der Waals surface area contributed by atoms with Crippen molar-refractivity contribution >= 4 is 22.6 Å². The number of esters is 1. The lowest BCUT2D eigenvalue weighted by atomic mass is 9.86. The summed E-state index contributed by atoms with van der Waals surface area (Å²) >= 11 is 0. The van der Waals surface area contributed by atoms with Gasteiger partial charge in [-0.15, -0.1) is 8.78 Å². The molecular formula is C23H19F2N3O6. The molecule has 3 N–H and O–H groups in total. The second-order valence-corrected chi connectivity index (χ2v) is 8.55. The second kappa shape index (κ2) is 6.44. The van der Waals surface area contributed by atoms with Gasteiger partial charge in [-0.25, -0.2) is 9.78 Å². The van der Waals surface area contributed by atoms with Crippen LogP contribution >= 0.6 is 0 Å². The number of nitrogens with zero attached hydrogens (tertiary/aromatic N) is 2. The van der Waals surface area contributed by atoms with Crippen LogP contribution in [0.2, 0.25) is 0 Å². The fourth-order valence-corrected chi connectivity index (χ4v) is 5.17. The van der Waals surface area contributed by atoms with Gasteiger partial charge in [0.05, 0.1) is 34.7 Å². The monoisotopic (exact) mass is 471 g/mol. The summed E-state index contributed by atoms with van der Waals surface area (Å²) in [7, 11) is 0. The third-order valence-electron chi connectivity index (χ3n) is 6.85. The van der Waals surface area contributed by atoms with Crippen LogP contribution in [0.15, 0.2) is 16.9 Å². The normalized spacial score (nSPS) is 21.3. The van der Waals surface area contributed by atoms with Crippen molar-refractivity contribution in [3.05, 3.63) is 44.7 Å². The van der Waals surface area contributed by atoms with Crippen LogP contribution in [0.1, 0.15) is 42.5 Å². The molecular weight excluding hydrogens is 452 g/mol. The van der Waals surface area contributed by atoms with Crippen molar-refractivity contribution in [2.75, 3.05) is 5.73 Å². The molecule has 1 aromatic carbocycles. The van der Waals surface area contributed by atoms with E-state index in [4.69, 9.17) is 10.5 Å². The average Bonchev–Trinajstić information content (AvgIpc) is 3.32. The van der Waals surface area contributed by atoms with Crippen LogP contribution in [-0.4, -0.2) is 26.9 Å². The zero-order valence-corrected chi connectivity index (χ0v) is 18.2. The van der Waals surface area contributed by atoms with Crippen LogP contribution in [0, 0.1) is 0 Å². The van der Waals surface area contributed by atoms with Crippen molar-refractivity contribution in [2.24, 2.45) is 0 Å². The van der Waals surface area contributed by atoms with Crippen LogP contribution in [0.5, 0.6) is 11.5 Å². The van der Waals surface area contributed by atoms with Gasteiger partial charge in [-0.1, -0.05) is 13.8 Å². The number of cyclic esters (lactones) is 1.